The van der Waals surface area contributed by atoms with E-state index in [1.807, 2.05) is 49.5 Å². The molecule has 16 heavy (non-hydrogen) atoms. The molecule has 0 atom stereocenters. The minimum absolute atomic E-state index is 0.00644. The molecule has 2 aromatic rings. The molecule has 0 radical (unpaired) electrons. The number of aryl methyl sites for hydroxylation is 1. The van der Waals surface area contributed by atoms with Crippen molar-refractivity contribution in [2.24, 2.45) is 0 Å². The molecule has 0 unspecified atom stereocenters. The molecule has 0 spiro atoms. The Morgan fingerprint density at radius 1 is 1.31 bits per heavy atom. The molecule has 0 bridgehead atoms. The van der Waals surface area contributed by atoms with Crippen LogP contribution in [0.4, 0.5) is 5.69 Å². The standard InChI is InChI=1S/C13H14N2O/c1-10-4-2-5-12(8-10)15-13(16)9-11-6-3-7-14-11/h2-8,14H,9H2,1H3,(H,15,16). The highest BCUT2D eigenvalue weighted by Gasteiger charge is 2.04. The van der Waals surface area contributed by atoms with Gasteiger partial charge in [0.25, 0.3) is 0 Å². The smallest absolute Gasteiger partial charge is 0.230 e. The average molecular weight is 214 g/mol. The van der Waals surface area contributed by atoms with Crippen LogP contribution in [0, 0.1) is 6.92 Å². The van der Waals surface area contributed by atoms with Crippen molar-refractivity contribution in [2.45, 2.75) is 13.3 Å². The van der Waals surface area contributed by atoms with Crippen LogP contribution in [0.5, 0.6) is 0 Å². The molecule has 0 saturated carbocycles. The van der Waals surface area contributed by atoms with Gasteiger partial charge in [-0.2, -0.15) is 0 Å². The number of hydrogen-bond donors (Lipinski definition) is 2. The SMILES string of the molecule is Cc1cccc(NC(=O)Cc2ccc[nH]2)c1. The summed E-state index contributed by atoms with van der Waals surface area (Å²) < 4.78 is 0. The van der Waals surface area contributed by atoms with Crippen LogP contribution in [-0.4, -0.2) is 10.9 Å². The number of rotatable bonds is 3. The summed E-state index contributed by atoms with van der Waals surface area (Å²) in [6.07, 6.45) is 2.19. The third-order valence-electron chi connectivity index (χ3n) is 2.32. The normalized spacial score (nSPS) is 10.1. The second-order valence-corrected chi connectivity index (χ2v) is 3.79. The number of hydrogen-bond acceptors (Lipinski definition) is 1. The zero-order valence-corrected chi connectivity index (χ0v) is 9.16. The van der Waals surface area contributed by atoms with Gasteiger partial charge in [-0.3, -0.25) is 4.79 Å². The predicted molar refractivity (Wildman–Crippen MR) is 64.3 cm³/mol. The first-order valence-electron chi connectivity index (χ1n) is 5.23. The average Bonchev–Trinajstić information content (AvgIpc) is 2.70. The van der Waals surface area contributed by atoms with Crippen LogP contribution in [0.25, 0.3) is 0 Å². The monoisotopic (exact) mass is 214 g/mol. The molecule has 0 aliphatic heterocycles. The Bertz CT molecular complexity index is 474. The lowest BCUT2D eigenvalue weighted by molar-refractivity contribution is -0.115. The summed E-state index contributed by atoms with van der Waals surface area (Å²) in [4.78, 5) is 14.7. The maximum absolute atomic E-state index is 11.7. The molecule has 2 rings (SSSR count). The minimum Gasteiger partial charge on any atom is -0.365 e. The van der Waals surface area contributed by atoms with Crippen molar-refractivity contribution in [3.63, 3.8) is 0 Å². The number of H-pyrrole nitrogens is 1. The van der Waals surface area contributed by atoms with E-state index in [1.54, 1.807) is 0 Å². The number of carbonyl (C=O) groups excluding carboxylic acids is 1. The zero-order valence-electron chi connectivity index (χ0n) is 9.16. The van der Waals surface area contributed by atoms with Crippen LogP contribution in [0.1, 0.15) is 11.3 Å². The second-order valence-electron chi connectivity index (χ2n) is 3.79. The number of anilines is 1. The molecule has 1 aromatic carbocycles. The summed E-state index contributed by atoms with van der Waals surface area (Å²) in [7, 11) is 0. The zero-order chi connectivity index (χ0) is 11.4. The summed E-state index contributed by atoms with van der Waals surface area (Å²) in [5.74, 6) is -0.00644. The van der Waals surface area contributed by atoms with Gasteiger partial charge in [0.2, 0.25) is 5.91 Å². The molecule has 0 aliphatic carbocycles. The Morgan fingerprint density at radius 2 is 2.19 bits per heavy atom. The van der Waals surface area contributed by atoms with Crippen LogP contribution in [0.3, 0.4) is 0 Å². The van der Waals surface area contributed by atoms with Gasteiger partial charge in [-0.05, 0) is 36.8 Å². The van der Waals surface area contributed by atoms with Gasteiger partial charge >= 0.3 is 0 Å². The third kappa shape index (κ3) is 2.73. The fraction of sp³-hybridized carbons (Fsp3) is 0.154. The van der Waals surface area contributed by atoms with Gasteiger partial charge in [0, 0.05) is 17.6 Å². The van der Waals surface area contributed by atoms with Crippen LogP contribution in [0.2, 0.25) is 0 Å². The van der Waals surface area contributed by atoms with Crippen LogP contribution in [-0.2, 0) is 11.2 Å². The molecule has 0 saturated heterocycles. The molecular weight excluding hydrogens is 200 g/mol. The number of aromatic amines is 1. The van der Waals surface area contributed by atoms with Crippen molar-refractivity contribution < 1.29 is 4.79 Å². The number of nitrogens with one attached hydrogen (secondary N) is 2. The summed E-state index contributed by atoms with van der Waals surface area (Å²) >= 11 is 0. The number of aromatic nitrogens is 1. The van der Waals surface area contributed by atoms with E-state index < -0.39 is 0 Å². The molecule has 82 valence electrons. The lowest BCUT2D eigenvalue weighted by Crippen LogP contribution is -2.14. The van der Waals surface area contributed by atoms with Gasteiger partial charge in [-0.15, -0.1) is 0 Å². The van der Waals surface area contributed by atoms with E-state index in [9.17, 15) is 4.79 Å². The second kappa shape index (κ2) is 4.66. The molecule has 1 amide bonds. The quantitative estimate of drug-likeness (QED) is 0.810. The van der Waals surface area contributed by atoms with Gasteiger partial charge in [0.15, 0.2) is 0 Å². The molecule has 1 heterocycles. The summed E-state index contributed by atoms with van der Waals surface area (Å²) in [6.45, 7) is 2.00. The van der Waals surface area contributed by atoms with E-state index >= 15 is 0 Å². The van der Waals surface area contributed by atoms with Crippen LogP contribution < -0.4 is 5.32 Å². The van der Waals surface area contributed by atoms with Crippen LogP contribution >= 0.6 is 0 Å². The Balaban J connectivity index is 1.97. The fourth-order valence-electron chi connectivity index (χ4n) is 1.58. The summed E-state index contributed by atoms with van der Waals surface area (Å²) in [5.41, 5.74) is 2.90. The molecule has 0 fully saturated rings. The van der Waals surface area contributed by atoms with Crippen molar-refractivity contribution in [2.75, 3.05) is 5.32 Å². The Morgan fingerprint density at radius 3 is 2.88 bits per heavy atom. The number of amides is 1. The lowest BCUT2D eigenvalue weighted by Gasteiger charge is -2.04. The highest BCUT2D eigenvalue weighted by atomic mass is 16.1. The molecule has 0 aliphatic rings. The molecule has 3 heteroatoms. The summed E-state index contributed by atoms with van der Waals surface area (Å²) in [5, 5.41) is 2.86. The maximum atomic E-state index is 11.7. The lowest BCUT2D eigenvalue weighted by atomic mass is 10.2. The first-order chi connectivity index (χ1) is 7.74. The van der Waals surface area contributed by atoms with E-state index in [0.717, 1.165) is 16.9 Å². The van der Waals surface area contributed by atoms with Crippen molar-refractivity contribution in [1.82, 2.24) is 4.98 Å². The third-order valence-corrected chi connectivity index (χ3v) is 2.32. The highest BCUT2D eigenvalue weighted by Crippen LogP contribution is 2.10. The van der Waals surface area contributed by atoms with Gasteiger partial charge < -0.3 is 10.3 Å². The first-order valence-corrected chi connectivity index (χ1v) is 5.23. The van der Waals surface area contributed by atoms with Crippen LogP contribution in [0.15, 0.2) is 42.6 Å². The fourth-order valence-corrected chi connectivity index (χ4v) is 1.58. The summed E-state index contributed by atoms with van der Waals surface area (Å²) in [6, 6.07) is 11.6. The first kappa shape index (κ1) is 10.5. The van der Waals surface area contributed by atoms with E-state index in [-0.39, 0.29) is 5.91 Å². The van der Waals surface area contributed by atoms with Gasteiger partial charge in [-0.25, -0.2) is 0 Å². The molecule has 1 aromatic heterocycles. The van der Waals surface area contributed by atoms with E-state index in [1.165, 1.54) is 0 Å². The molecule has 2 N–H and O–H groups in total. The van der Waals surface area contributed by atoms with Crippen molar-refractivity contribution in [3.8, 4) is 0 Å². The predicted octanol–water partition coefficient (Wildman–Crippen LogP) is 2.50. The largest absolute Gasteiger partial charge is 0.365 e. The Labute approximate surface area is 94.5 Å². The van der Waals surface area contributed by atoms with E-state index in [4.69, 9.17) is 0 Å². The molecular formula is C13H14N2O. The topological polar surface area (TPSA) is 44.9 Å². The van der Waals surface area contributed by atoms with Crippen molar-refractivity contribution in [3.05, 3.63) is 53.9 Å². The van der Waals surface area contributed by atoms with Gasteiger partial charge in [0.1, 0.15) is 0 Å². The number of benzene rings is 1. The van der Waals surface area contributed by atoms with Gasteiger partial charge in [0.05, 0.1) is 6.42 Å². The Hall–Kier alpha value is -2.03. The Kier molecular flexibility index (Phi) is 3.05. The van der Waals surface area contributed by atoms with E-state index in [2.05, 4.69) is 10.3 Å². The highest BCUT2D eigenvalue weighted by molar-refractivity contribution is 5.92. The number of carbonyl (C=O) groups is 1. The van der Waals surface area contributed by atoms with Crippen molar-refractivity contribution >= 4 is 11.6 Å². The minimum atomic E-state index is -0.00644. The molecule has 3 nitrogen and oxygen atoms in total. The van der Waals surface area contributed by atoms with Crippen molar-refractivity contribution in [1.29, 1.82) is 0 Å². The van der Waals surface area contributed by atoms with E-state index in [0.29, 0.717) is 6.42 Å². The maximum Gasteiger partial charge on any atom is 0.230 e. The van der Waals surface area contributed by atoms with Gasteiger partial charge in [-0.1, -0.05) is 12.1 Å².